The molecule has 0 spiro atoms. The molecule has 0 aliphatic rings. The van der Waals surface area contributed by atoms with Gasteiger partial charge in [0.1, 0.15) is 0 Å². The number of methoxy groups -OCH3 is 1. The average Bonchev–Trinajstić information content (AvgIpc) is 2.70. The first-order valence-electron chi connectivity index (χ1n) is 7.03. The van der Waals surface area contributed by atoms with Crippen LogP contribution in [-0.4, -0.2) is 22.0 Å². The van der Waals surface area contributed by atoms with Gasteiger partial charge in [0.05, 0.1) is 12.8 Å². The highest BCUT2D eigenvalue weighted by Gasteiger charge is 2.15. The lowest BCUT2D eigenvalue weighted by Crippen LogP contribution is -2.19. The number of benzene rings is 1. The molecule has 1 aromatic heterocycles. The molecule has 1 heterocycles. The zero-order valence-electron chi connectivity index (χ0n) is 13.3. The fraction of sp³-hybridized carbons (Fsp3) is 0.438. The minimum absolute atomic E-state index is 0.165. The summed E-state index contributed by atoms with van der Waals surface area (Å²) in [5, 5.41) is 17.7. The molecule has 2 aromatic rings. The molecule has 1 atom stereocenters. The number of aromatic hydroxyl groups is 1. The summed E-state index contributed by atoms with van der Waals surface area (Å²) in [6.45, 7) is 6.90. The molecular weight excluding hydrogens is 266 g/mol. The first-order chi connectivity index (χ1) is 9.93. The van der Waals surface area contributed by atoms with Crippen LogP contribution < -0.4 is 10.1 Å². The van der Waals surface area contributed by atoms with E-state index in [2.05, 4.69) is 24.3 Å². The second-order valence-corrected chi connectivity index (χ2v) is 5.32. The SMILES string of the molecule is COc1ccc(CN[C@H](C)c2c(C)nn(C)c2C)cc1O. The predicted molar refractivity (Wildman–Crippen MR) is 82.6 cm³/mol. The smallest absolute Gasteiger partial charge is 0.160 e. The molecule has 0 fully saturated rings. The van der Waals surface area contributed by atoms with Gasteiger partial charge in [-0.2, -0.15) is 5.10 Å². The van der Waals surface area contributed by atoms with Crippen molar-refractivity contribution in [2.24, 2.45) is 7.05 Å². The van der Waals surface area contributed by atoms with Gasteiger partial charge in [0.2, 0.25) is 0 Å². The molecule has 0 saturated carbocycles. The Morgan fingerprint density at radius 2 is 2.10 bits per heavy atom. The number of ether oxygens (including phenoxy) is 1. The summed E-state index contributed by atoms with van der Waals surface area (Å²) >= 11 is 0. The maximum atomic E-state index is 9.80. The Kier molecular flexibility index (Phi) is 4.53. The summed E-state index contributed by atoms with van der Waals surface area (Å²) < 4.78 is 6.95. The molecule has 1 aromatic carbocycles. The van der Waals surface area contributed by atoms with Crippen LogP contribution in [0.2, 0.25) is 0 Å². The molecule has 0 aliphatic carbocycles. The molecule has 21 heavy (non-hydrogen) atoms. The van der Waals surface area contributed by atoms with Crippen LogP contribution in [-0.2, 0) is 13.6 Å². The van der Waals surface area contributed by atoms with E-state index in [0.29, 0.717) is 12.3 Å². The molecule has 0 aliphatic heterocycles. The average molecular weight is 289 g/mol. The van der Waals surface area contributed by atoms with E-state index in [1.807, 2.05) is 24.7 Å². The molecule has 114 valence electrons. The van der Waals surface area contributed by atoms with E-state index < -0.39 is 0 Å². The molecule has 0 saturated heterocycles. The summed E-state index contributed by atoms with van der Waals surface area (Å²) in [5.74, 6) is 0.656. The van der Waals surface area contributed by atoms with Crippen molar-refractivity contribution in [1.29, 1.82) is 0 Å². The molecule has 5 nitrogen and oxygen atoms in total. The molecule has 2 rings (SSSR count). The van der Waals surface area contributed by atoms with Crippen molar-refractivity contribution in [2.45, 2.75) is 33.4 Å². The lowest BCUT2D eigenvalue weighted by Gasteiger charge is -2.15. The predicted octanol–water partition coefficient (Wildman–Crippen LogP) is 2.60. The van der Waals surface area contributed by atoms with Gasteiger partial charge in [0, 0.05) is 30.9 Å². The highest BCUT2D eigenvalue weighted by molar-refractivity contribution is 5.41. The summed E-state index contributed by atoms with van der Waals surface area (Å²) in [4.78, 5) is 0. The topological polar surface area (TPSA) is 59.3 Å². The van der Waals surface area contributed by atoms with E-state index >= 15 is 0 Å². The zero-order chi connectivity index (χ0) is 15.6. The molecule has 0 amide bonds. The number of nitrogens with one attached hydrogen (secondary N) is 1. The van der Waals surface area contributed by atoms with Gasteiger partial charge in [-0.05, 0) is 38.5 Å². The highest BCUT2D eigenvalue weighted by Crippen LogP contribution is 2.27. The number of phenols is 1. The minimum Gasteiger partial charge on any atom is -0.504 e. The Hall–Kier alpha value is -2.01. The number of rotatable bonds is 5. The van der Waals surface area contributed by atoms with E-state index in [-0.39, 0.29) is 11.8 Å². The largest absolute Gasteiger partial charge is 0.504 e. The van der Waals surface area contributed by atoms with Crippen LogP contribution in [0.25, 0.3) is 0 Å². The van der Waals surface area contributed by atoms with Crippen molar-refractivity contribution < 1.29 is 9.84 Å². The van der Waals surface area contributed by atoms with Crippen LogP contribution in [0.1, 0.15) is 35.5 Å². The number of aryl methyl sites for hydroxylation is 2. The third kappa shape index (κ3) is 3.19. The molecule has 5 heteroatoms. The Morgan fingerprint density at radius 3 is 2.62 bits per heavy atom. The Morgan fingerprint density at radius 1 is 1.38 bits per heavy atom. The fourth-order valence-electron chi connectivity index (χ4n) is 2.64. The van der Waals surface area contributed by atoms with E-state index in [1.54, 1.807) is 19.2 Å². The number of aromatic nitrogens is 2. The second kappa shape index (κ2) is 6.18. The monoisotopic (exact) mass is 289 g/mol. The quantitative estimate of drug-likeness (QED) is 0.888. The van der Waals surface area contributed by atoms with E-state index in [4.69, 9.17) is 4.74 Å². The standard InChI is InChI=1S/C16H23N3O2/c1-10(16-11(2)18-19(4)12(16)3)17-9-13-6-7-15(21-5)14(20)8-13/h6-8,10,17,20H,9H2,1-5H3/t10-/m1/s1. The first kappa shape index (κ1) is 15.4. The molecular formula is C16H23N3O2. The van der Waals surface area contributed by atoms with Gasteiger partial charge in [-0.15, -0.1) is 0 Å². The maximum absolute atomic E-state index is 9.80. The maximum Gasteiger partial charge on any atom is 0.160 e. The van der Waals surface area contributed by atoms with Crippen LogP contribution in [0.3, 0.4) is 0 Å². The third-order valence-electron chi connectivity index (χ3n) is 3.85. The van der Waals surface area contributed by atoms with Gasteiger partial charge in [-0.3, -0.25) is 4.68 Å². The molecule has 0 unspecified atom stereocenters. The number of nitrogens with zero attached hydrogens (tertiary/aromatic N) is 2. The number of hydrogen-bond acceptors (Lipinski definition) is 4. The molecule has 0 bridgehead atoms. The Bertz CT molecular complexity index is 635. The van der Waals surface area contributed by atoms with Crippen molar-refractivity contribution in [3.8, 4) is 11.5 Å². The van der Waals surface area contributed by atoms with Crippen molar-refractivity contribution in [2.75, 3.05) is 7.11 Å². The lowest BCUT2D eigenvalue weighted by atomic mass is 10.1. The Labute approximate surface area is 125 Å². The van der Waals surface area contributed by atoms with Gasteiger partial charge < -0.3 is 15.2 Å². The molecule has 0 radical (unpaired) electrons. The lowest BCUT2D eigenvalue weighted by molar-refractivity contribution is 0.373. The van der Waals surface area contributed by atoms with Gasteiger partial charge >= 0.3 is 0 Å². The highest BCUT2D eigenvalue weighted by atomic mass is 16.5. The van der Waals surface area contributed by atoms with Gasteiger partial charge in [0.25, 0.3) is 0 Å². The zero-order valence-corrected chi connectivity index (χ0v) is 13.3. The summed E-state index contributed by atoms with van der Waals surface area (Å²) in [7, 11) is 3.50. The summed E-state index contributed by atoms with van der Waals surface area (Å²) in [6, 6.07) is 5.64. The normalized spacial score (nSPS) is 12.4. The molecule has 2 N–H and O–H groups in total. The van der Waals surface area contributed by atoms with Gasteiger partial charge in [-0.25, -0.2) is 0 Å². The van der Waals surface area contributed by atoms with E-state index in [1.165, 1.54) is 11.3 Å². The van der Waals surface area contributed by atoms with Crippen LogP contribution in [0.5, 0.6) is 11.5 Å². The second-order valence-electron chi connectivity index (χ2n) is 5.32. The minimum atomic E-state index is 0.165. The third-order valence-corrected chi connectivity index (χ3v) is 3.85. The van der Waals surface area contributed by atoms with Gasteiger partial charge in [-0.1, -0.05) is 6.07 Å². The van der Waals surface area contributed by atoms with Crippen LogP contribution in [0.4, 0.5) is 0 Å². The van der Waals surface area contributed by atoms with Gasteiger partial charge in [0.15, 0.2) is 11.5 Å². The van der Waals surface area contributed by atoms with Crippen molar-refractivity contribution in [3.05, 3.63) is 40.7 Å². The van der Waals surface area contributed by atoms with Crippen LogP contribution in [0.15, 0.2) is 18.2 Å². The van der Waals surface area contributed by atoms with Crippen molar-refractivity contribution >= 4 is 0 Å². The number of hydrogen-bond donors (Lipinski definition) is 2. The first-order valence-corrected chi connectivity index (χ1v) is 7.03. The van der Waals surface area contributed by atoms with Crippen LogP contribution >= 0.6 is 0 Å². The summed E-state index contributed by atoms with van der Waals surface area (Å²) in [5.41, 5.74) is 4.47. The van der Waals surface area contributed by atoms with E-state index in [0.717, 1.165) is 11.3 Å². The summed E-state index contributed by atoms with van der Waals surface area (Å²) in [6.07, 6.45) is 0. The van der Waals surface area contributed by atoms with Crippen LogP contribution in [0, 0.1) is 13.8 Å². The fourth-order valence-corrected chi connectivity index (χ4v) is 2.64. The van der Waals surface area contributed by atoms with Crippen molar-refractivity contribution in [3.63, 3.8) is 0 Å². The van der Waals surface area contributed by atoms with E-state index in [9.17, 15) is 5.11 Å². The van der Waals surface area contributed by atoms with Crippen molar-refractivity contribution in [1.82, 2.24) is 15.1 Å². The Balaban J connectivity index is 2.07. The number of phenolic OH excluding ortho intramolecular Hbond substituents is 1.